The molecule has 0 amide bonds. The highest BCUT2D eigenvalue weighted by molar-refractivity contribution is 5.25. The lowest BCUT2D eigenvalue weighted by Crippen LogP contribution is -2.09. The molecule has 3 rings (SSSR count). The van der Waals surface area contributed by atoms with E-state index in [0.29, 0.717) is 5.92 Å². The van der Waals surface area contributed by atoms with Crippen molar-refractivity contribution in [3.8, 4) is 0 Å². The van der Waals surface area contributed by atoms with Crippen LogP contribution < -0.4 is 0 Å². The van der Waals surface area contributed by atoms with E-state index in [0.717, 1.165) is 24.5 Å². The van der Waals surface area contributed by atoms with Crippen molar-refractivity contribution in [3.63, 3.8) is 0 Å². The van der Waals surface area contributed by atoms with Crippen LogP contribution in [0.2, 0.25) is 0 Å². The van der Waals surface area contributed by atoms with Crippen molar-refractivity contribution < 1.29 is 0 Å². The Labute approximate surface area is 118 Å². The Balaban J connectivity index is 1.76. The monoisotopic (exact) mass is 266 g/mol. The summed E-state index contributed by atoms with van der Waals surface area (Å²) in [7, 11) is 0. The van der Waals surface area contributed by atoms with E-state index < -0.39 is 0 Å². The highest BCUT2D eigenvalue weighted by Crippen LogP contribution is 2.22. The Kier molecular flexibility index (Phi) is 3.63. The summed E-state index contributed by atoms with van der Waals surface area (Å²) >= 11 is 0. The van der Waals surface area contributed by atoms with Gasteiger partial charge in [0, 0.05) is 43.2 Å². The van der Waals surface area contributed by atoms with Crippen LogP contribution in [0.15, 0.2) is 55.2 Å². The Morgan fingerprint density at radius 2 is 2.10 bits per heavy atom. The van der Waals surface area contributed by atoms with Gasteiger partial charge in [0.05, 0.1) is 6.33 Å². The average Bonchev–Trinajstić information content (AvgIpc) is 3.16. The minimum atomic E-state index is 0.299. The van der Waals surface area contributed by atoms with E-state index in [1.54, 1.807) is 6.33 Å². The molecule has 1 aromatic carbocycles. The van der Waals surface area contributed by atoms with Gasteiger partial charge < -0.3 is 9.55 Å². The van der Waals surface area contributed by atoms with Gasteiger partial charge in [-0.05, 0) is 5.56 Å². The summed E-state index contributed by atoms with van der Waals surface area (Å²) in [6, 6.07) is 10.5. The van der Waals surface area contributed by atoms with Gasteiger partial charge in [0.1, 0.15) is 5.82 Å². The molecule has 4 heteroatoms. The maximum atomic E-state index is 4.53. The van der Waals surface area contributed by atoms with Crippen LogP contribution in [0, 0.1) is 0 Å². The number of imidazole rings is 2. The lowest BCUT2D eigenvalue weighted by atomic mass is 10.0. The molecule has 3 aromatic rings. The van der Waals surface area contributed by atoms with Crippen molar-refractivity contribution in [2.45, 2.75) is 25.8 Å². The summed E-state index contributed by atoms with van der Waals surface area (Å²) in [5.41, 5.74) is 2.44. The number of aromatic nitrogens is 4. The van der Waals surface area contributed by atoms with Crippen LogP contribution in [0.5, 0.6) is 0 Å². The third kappa shape index (κ3) is 2.64. The second-order valence-corrected chi connectivity index (χ2v) is 4.94. The molecule has 0 spiro atoms. The van der Waals surface area contributed by atoms with Crippen LogP contribution in [0.3, 0.4) is 0 Å². The molecule has 0 aliphatic heterocycles. The number of nitrogens with one attached hydrogen (secondary N) is 1. The molecule has 0 bridgehead atoms. The van der Waals surface area contributed by atoms with Crippen LogP contribution in [0.1, 0.15) is 29.9 Å². The fourth-order valence-electron chi connectivity index (χ4n) is 2.44. The maximum Gasteiger partial charge on any atom is 0.115 e. The van der Waals surface area contributed by atoms with Crippen molar-refractivity contribution in [3.05, 3.63) is 72.3 Å². The first-order valence-corrected chi connectivity index (χ1v) is 6.88. The summed E-state index contributed by atoms with van der Waals surface area (Å²) in [4.78, 5) is 11.7. The third-order valence-corrected chi connectivity index (χ3v) is 3.61. The predicted octanol–water partition coefficient (Wildman–Crippen LogP) is 3.00. The van der Waals surface area contributed by atoms with Gasteiger partial charge in [-0.15, -0.1) is 0 Å². The number of nitrogens with zero attached hydrogens (tertiary/aromatic N) is 3. The summed E-state index contributed by atoms with van der Waals surface area (Å²) in [5, 5.41) is 0. The summed E-state index contributed by atoms with van der Waals surface area (Å²) in [6.45, 7) is 3.11. The van der Waals surface area contributed by atoms with Gasteiger partial charge in [-0.3, -0.25) is 0 Å². The lowest BCUT2D eigenvalue weighted by Gasteiger charge is -2.14. The van der Waals surface area contributed by atoms with Gasteiger partial charge in [-0.25, -0.2) is 9.97 Å². The molecule has 2 aromatic heterocycles. The van der Waals surface area contributed by atoms with Gasteiger partial charge >= 0.3 is 0 Å². The number of hydrogen-bond acceptors (Lipinski definition) is 2. The van der Waals surface area contributed by atoms with Crippen LogP contribution in [0.25, 0.3) is 0 Å². The van der Waals surface area contributed by atoms with E-state index >= 15 is 0 Å². The number of aromatic amines is 1. The molecule has 1 N–H and O–H groups in total. The molecule has 0 saturated carbocycles. The molecule has 2 heterocycles. The molecule has 0 fully saturated rings. The summed E-state index contributed by atoms with van der Waals surface area (Å²) in [5.74, 6) is 1.41. The lowest BCUT2D eigenvalue weighted by molar-refractivity contribution is 0.627. The third-order valence-electron chi connectivity index (χ3n) is 3.61. The first-order chi connectivity index (χ1) is 9.84. The molecule has 4 nitrogen and oxygen atoms in total. The van der Waals surface area contributed by atoms with Crippen LogP contribution in [-0.4, -0.2) is 19.5 Å². The number of aryl methyl sites for hydroxylation is 2. The van der Waals surface area contributed by atoms with Crippen LogP contribution in [0.4, 0.5) is 0 Å². The molecule has 0 radical (unpaired) electrons. The Hall–Kier alpha value is -2.36. The quantitative estimate of drug-likeness (QED) is 0.771. The smallest absolute Gasteiger partial charge is 0.115 e. The largest absolute Gasteiger partial charge is 0.348 e. The van der Waals surface area contributed by atoms with Crippen LogP contribution >= 0.6 is 0 Å². The minimum absolute atomic E-state index is 0.299. The van der Waals surface area contributed by atoms with E-state index in [-0.39, 0.29) is 0 Å². The second-order valence-electron chi connectivity index (χ2n) is 4.94. The number of H-pyrrole nitrogens is 1. The molecule has 0 aliphatic rings. The minimum Gasteiger partial charge on any atom is -0.348 e. The van der Waals surface area contributed by atoms with Crippen molar-refractivity contribution >= 4 is 0 Å². The van der Waals surface area contributed by atoms with Crippen molar-refractivity contribution in [2.75, 3.05) is 0 Å². The van der Waals surface area contributed by atoms with Crippen molar-refractivity contribution in [2.24, 2.45) is 0 Å². The first kappa shape index (κ1) is 12.7. The molecular weight excluding hydrogens is 248 g/mol. The van der Waals surface area contributed by atoms with Gasteiger partial charge in [0.25, 0.3) is 0 Å². The molecule has 1 unspecified atom stereocenters. The van der Waals surface area contributed by atoms with E-state index in [1.807, 2.05) is 24.7 Å². The molecule has 20 heavy (non-hydrogen) atoms. The van der Waals surface area contributed by atoms with Gasteiger partial charge in [-0.1, -0.05) is 37.3 Å². The Morgan fingerprint density at radius 3 is 2.85 bits per heavy atom. The van der Waals surface area contributed by atoms with Crippen molar-refractivity contribution in [1.82, 2.24) is 19.5 Å². The van der Waals surface area contributed by atoms with Gasteiger partial charge in [-0.2, -0.15) is 0 Å². The zero-order valence-electron chi connectivity index (χ0n) is 11.5. The van der Waals surface area contributed by atoms with Gasteiger partial charge in [0.2, 0.25) is 0 Å². The van der Waals surface area contributed by atoms with Gasteiger partial charge in [0.15, 0.2) is 0 Å². The molecular formula is C16H18N4. The Morgan fingerprint density at radius 1 is 1.25 bits per heavy atom. The molecule has 0 aliphatic carbocycles. The molecule has 102 valence electrons. The zero-order valence-corrected chi connectivity index (χ0v) is 11.5. The van der Waals surface area contributed by atoms with E-state index in [1.165, 1.54) is 5.56 Å². The molecule has 0 saturated heterocycles. The van der Waals surface area contributed by atoms with Crippen LogP contribution in [-0.2, 0) is 13.0 Å². The zero-order chi connectivity index (χ0) is 13.8. The fraction of sp³-hybridized carbons (Fsp3) is 0.250. The van der Waals surface area contributed by atoms with Crippen molar-refractivity contribution in [1.29, 1.82) is 0 Å². The topological polar surface area (TPSA) is 46.5 Å². The summed E-state index contributed by atoms with van der Waals surface area (Å²) < 4.78 is 2.22. The number of hydrogen-bond donors (Lipinski definition) is 1. The summed E-state index contributed by atoms with van der Waals surface area (Å²) in [6.07, 6.45) is 8.45. The second kappa shape index (κ2) is 5.74. The highest BCUT2D eigenvalue weighted by Gasteiger charge is 2.13. The highest BCUT2D eigenvalue weighted by atomic mass is 15.1. The normalized spacial score (nSPS) is 12.4. The number of rotatable bonds is 5. The van der Waals surface area contributed by atoms with E-state index in [9.17, 15) is 0 Å². The Bertz CT molecular complexity index is 640. The average molecular weight is 266 g/mol. The fourth-order valence-corrected chi connectivity index (χ4v) is 2.44. The van der Waals surface area contributed by atoms with E-state index in [2.05, 4.69) is 50.7 Å². The standard InChI is InChI=1S/C16H18N4/c1-13(14-5-3-2-4-6-14)16-18-8-10-20(16)9-7-15-11-17-12-19-15/h2-6,8,10-13H,7,9H2,1H3,(H,17,19). The number of benzene rings is 1. The SMILES string of the molecule is CC(c1ccccc1)c1nccn1CCc1cnc[nH]1. The molecule has 1 atom stereocenters. The van der Waals surface area contributed by atoms with E-state index in [4.69, 9.17) is 0 Å². The predicted molar refractivity (Wildman–Crippen MR) is 78.5 cm³/mol. The maximum absolute atomic E-state index is 4.53. The first-order valence-electron chi connectivity index (χ1n) is 6.88.